The molecule has 3 unspecified atom stereocenters. The fourth-order valence-corrected chi connectivity index (χ4v) is 5.33. The molecular formula is C11H16O3S. The van der Waals surface area contributed by atoms with Crippen LogP contribution in [0.15, 0.2) is 11.6 Å². The van der Waals surface area contributed by atoms with Crippen molar-refractivity contribution in [1.29, 1.82) is 0 Å². The molecule has 4 rings (SSSR count). The topological polar surface area (TPSA) is 54.4 Å². The average Bonchev–Trinajstić information content (AvgIpc) is 1.94. The van der Waals surface area contributed by atoms with Crippen molar-refractivity contribution in [3.8, 4) is 0 Å². The second-order valence-electron chi connectivity index (χ2n) is 5.70. The van der Waals surface area contributed by atoms with Crippen molar-refractivity contribution in [3.05, 3.63) is 11.6 Å². The number of allylic oxidation sites excluding steroid dienone is 2. The minimum absolute atomic E-state index is 0.0235. The molecule has 0 aliphatic heterocycles. The van der Waals surface area contributed by atoms with Crippen molar-refractivity contribution in [1.82, 2.24) is 0 Å². The van der Waals surface area contributed by atoms with E-state index in [0.717, 1.165) is 19.3 Å². The quantitative estimate of drug-likeness (QED) is 0.581. The van der Waals surface area contributed by atoms with E-state index in [-0.39, 0.29) is 11.2 Å². The summed E-state index contributed by atoms with van der Waals surface area (Å²) in [5, 5.41) is 0. The summed E-state index contributed by atoms with van der Waals surface area (Å²) in [4.78, 5) is 0. The van der Waals surface area contributed by atoms with Gasteiger partial charge >= 0.3 is 0 Å². The molecule has 1 N–H and O–H groups in total. The Morgan fingerprint density at radius 2 is 2.27 bits per heavy atom. The van der Waals surface area contributed by atoms with E-state index >= 15 is 0 Å². The molecule has 0 heterocycles. The van der Waals surface area contributed by atoms with Gasteiger partial charge in [-0.3, -0.25) is 4.55 Å². The monoisotopic (exact) mass is 228 g/mol. The lowest BCUT2D eigenvalue weighted by atomic mass is 9.54. The van der Waals surface area contributed by atoms with E-state index in [1.165, 1.54) is 18.4 Å². The Morgan fingerprint density at radius 1 is 1.47 bits per heavy atom. The lowest BCUT2D eigenvalue weighted by Crippen LogP contribution is -2.44. The standard InChI is InChI=1S/C11H16O3S/c12-15(13,14)7-11-4-8-1-9(5-11)3-10(2-8)6-11/h1,8,10H,2-7H2,(H,12,13,14). The molecule has 0 spiro atoms. The molecule has 15 heavy (non-hydrogen) atoms. The third kappa shape index (κ3) is 1.74. The van der Waals surface area contributed by atoms with Crippen LogP contribution in [0.2, 0.25) is 0 Å². The summed E-state index contributed by atoms with van der Waals surface area (Å²) in [6, 6.07) is 0. The van der Waals surface area contributed by atoms with Crippen molar-refractivity contribution < 1.29 is 13.0 Å². The van der Waals surface area contributed by atoms with Gasteiger partial charge in [0.05, 0.1) is 5.75 Å². The maximum atomic E-state index is 11.1. The van der Waals surface area contributed by atoms with Crippen LogP contribution in [-0.2, 0) is 10.1 Å². The van der Waals surface area contributed by atoms with Gasteiger partial charge in [-0.25, -0.2) is 0 Å². The van der Waals surface area contributed by atoms with Gasteiger partial charge in [0.25, 0.3) is 10.1 Å². The Morgan fingerprint density at radius 3 is 2.87 bits per heavy atom. The molecule has 0 aromatic heterocycles. The lowest BCUT2D eigenvalue weighted by Gasteiger charge is -2.52. The van der Waals surface area contributed by atoms with Crippen LogP contribution in [0.4, 0.5) is 0 Å². The predicted octanol–water partition coefficient (Wildman–Crippen LogP) is 2.01. The van der Waals surface area contributed by atoms with Crippen LogP contribution >= 0.6 is 0 Å². The van der Waals surface area contributed by atoms with Crippen molar-refractivity contribution in [2.24, 2.45) is 17.3 Å². The summed E-state index contributed by atoms with van der Waals surface area (Å²) < 4.78 is 31.1. The maximum absolute atomic E-state index is 11.1. The highest BCUT2D eigenvalue weighted by Gasteiger charge is 2.49. The highest BCUT2D eigenvalue weighted by Crippen LogP contribution is 2.57. The van der Waals surface area contributed by atoms with Crippen LogP contribution in [0, 0.1) is 17.3 Å². The van der Waals surface area contributed by atoms with E-state index in [1.807, 2.05) is 0 Å². The Labute approximate surface area is 90.3 Å². The Hall–Kier alpha value is -0.350. The van der Waals surface area contributed by atoms with Gasteiger partial charge in [-0.1, -0.05) is 11.6 Å². The molecule has 0 amide bonds. The van der Waals surface area contributed by atoms with Crippen LogP contribution in [0.25, 0.3) is 0 Å². The third-order valence-electron chi connectivity index (χ3n) is 4.17. The summed E-state index contributed by atoms with van der Waals surface area (Å²) in [6.45, 7) is 0. The molecule has 4 bridgehead atoms. The zero-order valence-corrected chi connectivity index (χ0v) is 9.46. The van der Waals surface area contributed by atoms with Crippen LogP contribution in [0.3, 0.4) is 0 Å². The first-order valence-electron chi connectivity index (χ1n) is 5.59. The fourth-order valence-electron chi connectivity index (χ4n) is 4.21. The molecule has 0 radical (unpaired) electrons. The van der Waals surface area contributed by atoms with E-state index in [0.29, 0.717) is 11.8 Å². The minimum Gasteiger partial charge on any atom is -0.286 e. The van der Waals surface area contributed by atoms with E-state index in [4.69, 9.17) is 4.55 Å². The Kier molecular flexibility index (Phi) is 1.88. The summed E-state index contributed by atoms with van der Waals surface area (Å²) in [5.74, 6) is 1.24. The van der Waals surface area contributed by atoms with Gasteiger partial charge in [-0.2, -0.15) is 8.42 Å². The molecule has 84 valence electrons. The van der Waals surface area contributed by atoms with Gasteiger partial charge in [0.1, 0.15) is 0 Å². The predicted molar refractivity (Wildman–Crippen MR) is 57.0 cm³/mol. The van der Waals surface area contributed by atoms with E-state index < -0.39 is 10.1 Å². The second kappa shape index (κ2) is 2.86. The van der Waals surface area contributed by atoms with Crippen LogP contribution in [0.1, 0.15) is 32.1 Å². The first kappa shape index (κ1) is 9.85. The molecule has 0 aromatic carbocycles. The van der Waals surface area contributed by atoms with Gasteiger partial charge in [0.2, 0.25) is 0 Å². The third-order valence-corrected chi connectivity index (χ3v) is 5.14. The molecule has 0 saturated heterocycles. The van der Waals surface area contributed by atoms with Gasteiger partial charge in [0.15, 0.2) is 0 Å². The molecule has 3 nitrogen and oxygen atoms in total. The molecule has 4 heteroatoms. The molecular weight excluding hydrogens is 212 g/mol. The minimum atomic E-state index is -3.81. The van der Waals surface area contributed by atoms with Crippen LogP contribution in [0.5, 0.6) is 0 Å². The second-order valence-corrected chi connectivity index (χ2v) is 7.15. The Bertz CT molecular complexity index is 423. The summed E-state index contributed by atoms with van der Waals surface area (Å²) in [6.07, 6.45) is 7.62. The molecule has 2 saturated carbocycles. The molecule has 0 aromatic rings. The highest BCUT2D eigenvalue weighted by molar-refractivity contribution is 7.85. The number of hydrogen-bond donors (Lipinski definition) is 1. The molecule has 3 atom stereocenters. The van der Waals surface area contributed by atoms with Crippen molar-refractivity contribution in [3.63, 3.8) is 0 Å². The lowest BCUT2D eigenvalue weighted by molar-refractivity contribution is 0.0818. The van der Waals surface area contributed by atoms with Crippen molar-refractivity contribution in [2.45, 2.75) is 32.1 Å². The first-order chi connectivity index (χ1) is 6.94. The van der Waals surface area contributed by atoms with E-state index in [1.54, 1.807) is 0 Å². The van der Waals surface area contributed by atoms with Gasteiger partial charge in [-0.05, 0) is 49.4 Å². The van der Waals surface area contributed by atoms with E-state index in [9.17, 15) is 8.42 Å². The van der Waals surface area contributed by atoms with Crippen molar-refractivity contribution in [2.75, 3.05) is 5.75 Å². The zero-order valence-electron chi connectivity index (χ0n) is 8.65. The maximum Gasteiger partial charge on any atom is 0.265 e. The number of hydrogen-bond acceptors (Lipinski definition) is 2. The normalized spacial score (nSPS) is 43.1. The zero-order chi connectivity index (χ0) is 10.7. The van der Waals surface area contributed by atoms with Crippen LogP contribution < -0.4 is 0 Å². The first-order valence-corrected chi connectivity index (χ1v) is 7.20. The van der Waals surface area contributed by atoms with Crippen LogP contribution in [-0.4, -0.2) is 18.7 Å². The van der Waals surface area contributed by atoms with Gasteiger partial charge < -0.3 is 0 Å². The fraction of sp³-hybridized carbons (Fsp3) is 0.818. The summed E-state index contributed by atoms with van der Waals surface area (Å²) in [7, 11) is -3.81. The largest absolute Gasteiger partial charge is 0.286 e. The summed E-state index contributed by atoms with van der Waals surface area (Å²) >= 11 is 0. The SMILES string of the molecule is O=S(=O)(O)CC12CC3=CC(CC(C3)C1)C2. The smallest absolute Gasteiger partial charge is 0.265 e. The van der Waals surface area contributed by atoms with Gasteiger partial charge in [-0.15, -0.1) is 0 Å². The van der Waals surface area contributed by atoms with E-state index in [2.05, 4.69) is 6.08 Å². The van der Waals surface area contributed by atoms with Crippen molar-refractivity contribution >= 4 is 10.1 Å². The molecule has 4 aliphatic carbocycles. The molecule has 4 aliphatic rings. The highest BCUT2D eigenvalue weighted by atomic mass is 32.2. The number of rotatable bonds is 2. The van der Waals surface area contributed by atoms with Gasteiger partial charge in [0, 0.05) is 0 Å². The Balaban J connectivity index is 1.93. The summed E-state index contributed by atoms with van der Waals surface area (Å²) in [5.41, 5.74) is 1.32. The average molecular weight is 228 g/mol. The molecule has 2 fully saturated rings.